The van der Waals surface area contributed by atoms with Gasteiger partial charge in [-0.05, 0) is 13.0 Å². The van der Waals surface area contributed by atoms with Crippen molar-refractivity contribution in [3.8, 4) is 0 Å². The molecule has 0 bridgehead atoms. The molecular weight excluding hydrogens is 181 g/mol. The Morgan fingerprint density at radius 3 is 2.38 bits per heavy atom. The van der Waals surface area contributed by atoms with Gasteiger partial charge in [-0.2, -0.15) is 0 Å². The molecule has 4 heteroatoms. The van der Waals surface area contributed by atoms with Crippen LogP contribution in [0.15, 0.2) is 18.2 Å². The molecule has 0 spiro atoms. The summed E-state index contributed by atoms with van der Waals surface area (Å²) in [5, 5.41) is 0. The van der Waals surface area contributed by atoms with Crippen LogP contribution in [0, 0.1) is 5.82 Å². The number of halogens is 3. The van der Waals surface area contributed by atoms with Crippen LogP contribution in [-0.2, 0) is 0 Å². The minimum atomic E-state index is -2.96. The molecule has 70 valence electrons. The standard InChI is InChI=1S/C9H7F3O/c1-5(13)6-3-2-4-7(10)8(6)9(11)12/h2-4,9H,1H3. The molecule has 0 heterocycles. The molecule has 1 aromatic rings. The molecule has 0 aliphatic rings. The lowest BCUT2D eigenvalue weighted by Crippen LogP contribution is -2.02. The molecule has 0 radical (unpaired) electrons. The summed E-state index contributed by atoms with van der Waals surface area (Å²) in [6, 6.07) is 3.33. The van der Waals surface area contributed by atoms with E-state index in [-0.39, 0.29) is 5.56 Å². The van der Waals surface area contributed by atoms with Crippen molar-refractivity contribution >= 4 is 5.78 Å². The monoisotopic (exact) mass is 188 g/mol. The van der Waals surface area contributed by atoms with Crippen molar-refractivity contribution in [3.05, 3.63) is 35.1 Å². The zero-order valence-electron chi connectivity index (χ0n) is 6.85. The van der Waals surface area contributed by atoms with Gasteiger partial charge in [-0.3, -0.25) is 4.79 Å². The number of alkyl halides is 2. The fraction of sp³-hybridized carbons (Fsp3) is 0.222. The normalized spacial score (nSPS) is 10.5. The molecule has 0 amide bonds. The van der Waals surface area contributed by atoms with E-state index in [1.165, 1.54) is 12.1 Å². The van der Waals surface area contributed by atoms with Gasteiger partial charge in [-0.1, -0.05) is 12.1 Å². The zero-order valence-corrected chi connectivity index (χ0v) is 6.85. The van der Waals surface area contributed by atoms with Crippen molar-refractivity contribution in [2.75, 3.05) is 0 Å². The van der Waals surface area contributed by atoms with E-state index in [2.05, 4.69) is 0 Å². The van der Waals surface area contributed by atoms with Crippen molar-refractivity contribution in [2.24, 2.45) is 0 Å². The largest absolute Gasteiger partial charge is 0.294 e. The third kappa shape index (κ3) is 1.88. The van der Waals surface area contributed by atoms with Crippen LogP contribution in [0.25, 0.3) is 0 Å². The Labute approximate surface area is 73.2 Å². The van der Waals surface area contributed by atoms with Gasteiger partial charge in [0.2, 0.25) is 0 Å². The number of hydrogen-bond acceptors (Lipinski definition) is 1. The number of Topliss-reactive ketones (excluding diaryl/α,β-unsaturated/α-hetero) is 1. The summed E-state index contributed by atoms with van der Waals surface area (Å²) in [6.07, 6.45) is -2.96. The summed E-state index contributed by atoms with van der Waals surface area (Å²) >= 11 is 0. The molecule has 13 heavy (non-hydrogen) atoms. The van der Waals surface area contributed by atoms with Gasteiger partial charge in [0.25, 0.3) is 6.43 Å². The van der Waals surface area contributed by atoms with Crippen LogP contribution >= 0.6 is 0 Å². The highest BCUT2D eigenvalue weighted by Crippen LogP contribution is 2.25. The molecule has 0 fully saturated rings. The summed E-state index contributed by atoms with van der Waals surface area (Å²) in [5.41, 5.74) is -1.06. The minimum absolute atomic E-state index is 0.255. The van der Waals surface area contributed by atoms with Crippen LogP contribution in [0.5, 0.6) is 0 Å². The molecule has 0 saturated carbocycles. The molecule has 0 aromatic heterocycles. The third-order valence-electron chi connectivity index (χ3n) is 1.65. The van der Waals surface area contributed by atoms with Gasteiger partial charge in [0.15, 0.2) is 5.78 Å². The van der Waals surface area contributed by atoms with Crippen molar-refractivity contribution in [3.63, 3.8) is 0 Å². The van der Waals surface area contributed by atoms with Crippen LogP contribution < -0.4 is 0 Å². The molecule has 0 N–H and O–H groups in total. The Hall–Kier alpha value is -1.32. The van der Waals surface area contributed by atoms with Gasteiger partial charge in [0.05, 0.1) is 5.56 Å². The quantitative estimate of drug-likeness (QED) is 0.652. The highest BCUT2D eigenvalue weighted by molar-refractivity contribution is 5.95. The van der Waals surface area contributed by atoms with E-state index in [1.54, 1.807) is 0 Å². The maximum absolute atomic E-state index is 12.8. The highest BCUT2D eigenvalue weighted by atomic mass is 19.3. The number of hydrogen-bond donors (Lipinski definition) is 0. The van der Waals surface area contributed by atoms with Gasteiger partial charge in [0.1, 0.15) is 5.82 Å². The first-order valence-electron chi connectivity index (χ1n) is 3.61. The van der Waals surface area contributed by atoms with E-state index in [9.17, 15) is 18.0 Å². The smallest absolute Gasteiger partial charge is 0.267 e. The van der Waals surface area contributed by atoms with Gasteiger partial charge in [-0.15, -0.1) is 0 Å². The molecule has 0 aliphatic heterocycles. The maximum Gasteiger partial charge on any atom is 0.267 e. The lowest BCUT2D eigenvalue weighted by atomic mass is 10.0. The number of carbonyl (C=O) groups excluding carboxylic acids is 1. The number of ketones is 1. The first-order valence-corrected chi connectivity index (χ1v) is 3.61. The predicted octanol–water partition coefficient (Wildman–Crippen LogP) is 2.97. The number of rotatable bonds is 2. The van der Waals surface area contributed by atoms with Crippen molar-refractivity contribution in [1.29, 1.82) is 0 Å². The second kappa shape index (κ2) is 3.60. The summed E-state index contributed by atoms with van der Waals surface area (Å²) in [4.78, 5) is 10.8. The fourth-order valence-electron chi connectivity index (χ4n) is 1.07. The zero-order chi connectivity index (χ0) is 10.0. The lowest BCUT2D eigenvalue weighted by Gasteiger charge is -2.05. The van der Waals surface area contributed by atoms with Gasteiger partial charge < -0.3 is 0 Å². The van der Waals surface area contributed by atoms with Crippen LogP contribution in [0.1, 0.15) is 29.3 Å². The molecular formula is C9H7F3O. The molecule has 1 nitrogen and oxygen atoms in total. The summed E-state index contributed by atoms with van der Waals surface area (Å²) in [7, 11) is 0. The van der Waals surface area contributed by atoms with Crippen molar-refractivity contribution in [2.45, 2.75) is 13.3 Å². The first-order chi connectivity index (χ1) is 6.04. The fourth-order valence-corrected chi connectivity index (χ4v) is 1.07. The van der Waals surface area contributed by atoms with Crippen LogP contribution in [-0.4, -0.2) is 5.78 Å². The molecule has 1 aromatic carbocycles. The van der Waals surface area contributed by atoms with E-state index in [4.69, 9.17) is 0 Å². The van der Waals surface area contributed by atoms with Crippen molar-refractivity contribution in [1.82, 2.24) is 0 Å². The highest BCUT2D eigenvalue weighted by Gasteiger charge is 2.19. The lowest BCUT2D eigenvalue weighted by molar-refractivity contribution is 0.0995. The summed E-state index contributed by atoms with van der Waals surface area (Å²) < 4.78 is 37.3. The van der Waals surface area contributed by atoms with Gasteiger partial charge in [0, 0.05) is 5.56 Å². The van der Waals surface area contributed by atoms with Gasteiger partial charge >= 0.3 is 0 Å². The van der Waals surface area contributed by atoms with Crippen LogP contribution in [0.2, 0.25) is 0 Å². The molecule has 0 atom stereocenters. The second-order valence-corrected chi connectivity index (χ2v) is 2.56. The summed E-state index contributed by atoms with van der Waals surface area (Å²) in [6.45, 7) is 1.13. The Bertz CT molecular complexity index is 334. The van der Waals surface area contributed by atoms with E-state index < -0.39 is 23.6 Å². The molecule has 0 saturated heterocycles. The Morgan fingerprint density at radius 1 is 1.38 bits per heavy atom. The Kier molecular flexibility index (Phi) is 2.70. The Balaban J connectivity index is 3.34. The van der Waals surface area contributed by atoms with Crippen LogP contribution in [0.3, 0.4) is 0 Å². The van der Waals surface area contributed by atoms with Crippen LogP contribution in [0.4, 0.5) is 13.2 Å². The summed E-state index contributed by atoms with van der Waals surface area (Å²) in [5.74, 6) is -1.60. The topological polar surface area (TPSA) is 17.1 Å². The maximum atomic E-state index is 12.8. The van der Waals surface area contributed by atoms with Crippen molar-refractivity contribution < 1.29 is 18.0 Å². The van der Waals surface area contributed by atoms with E-state index >= 15 is 0 Å². The minimum Gasteiger partial charge on any atom is -0.294 e. The number of carbonyl (C=O) groups is 1. The van der Waals surface area contributed by atoms with E-state index in [0.717, 1.165) is 13.0 Å². The average molecular weight is 188 g/mol. The van der Waals surface area contributed by atoms with Gasteiger partial charge in [-0.25, -0.2) is 13.2 Å². The predicted molar refractivity (Wildman–Crippen MR) is 41.4 cm³/mol. The first kappa shape index (κ1) is 9.77. The second-order valence-electron chi connectivity index (χ2n) is 2.56. The van der Waals surface area contributed by atoms with E-state index in [0.29, 0.717) is 0 Å². The Morgan fingerprint density at radius 2 is 2.00 bits per heavy atom. The molecule has 1 rings (SSSR count). The number of benzene rings is 1. The average Bonchev–Trinajstić information content (AvgIpc) is 2.02. The third-order valence-corrected chi connectivity index (χ3v) is 1.65. The molecule has 0 aliphatic carbocycles. The molecule has 0 unspecified atom stereocenters. The SMILES string of the molecule is CC(=O)c1cccc(F)c1C(F)F. The van der Waals surface area contributed by atoms with E-state index in [1.807, 2.05) is 0 Å².